The summed E-state index contributed by atoms with van der Waals surface area (Å²) in [5, 5.41) is 0. The summed E-state index contributed by atoms with van der Waals surface area (Å²) in [4.78, 5) is 12.0. The molecule has 1 unspecified atom stereocenters. The number of hydrogen-bond acceptors (Lipinski definition) is 3. The smallest absolute Gasteiger partial charge is 0.165 e. The first-order valence-electron chi connectivity index (χ1n) is 6.56. The largest absolute Gasteiger partial charge is 0.491 e. The van der Waals surface area contributed by atoms with Crippen LogP contribution in [0.15, 0.2) is 24.3 Å². The second-order valence-corrected chi connectivity index (χ2v) is 4.95. The Morgan fingerprint density at radius 1 is 1.39 bits per heavy atom. The van der Waals surface area contributed by atoms with E-state index in [0.717, 1.165) is 30.8 Å². The van der Waals surface area contributed by atoms with Gasteiger partial charge in [-0.15, -0.1) is 0 Å². The molecule has 0 saturated carbocycles. The number of ether oxygens (including phenoxy) is 2. The van der Waals surface area contributed by atoms with Crippen molar-refractivity contribution < 1.29 is 14.3 Å². The van der Waals surface area contributed by atoms with Gasteiger partial charge in [-0.25, -0.2) is 0 Å². The molecule has 1 fully saturated rings. The molecule has 3 heteroatoms. The topological polar surface area (TPSA) is 35.5 Å². The number of carbonyl (C=O) groups excluding carboxylic acids is 1. The van der Waals surface area contributed by atoms with E-state index in [1.54, 1.807) is 0 Å². The van der Waals surface area contributed by atoms with Crippen LogP contribution in [0.25, 0.3) is 0 Å². The van der Waals surface area contributed by atoms with Crippen molar-refractivity contribution >= 4 is 5.78 Å². The minimum atomic E-state index is 0.115. The van der Waals surface area contributed by atoms with E-state index in [1.807, 2.05) is 38.1 Å². The van der Waals surface area contributed by atoms with Crippen LogP contribution in [-0.4, -0.2) is 24.6 Å². The second kappa shape index (κ2) is 6.01. The second-order valence-electron chi connectivity index (χ2n) is 4.95. The predicted octanol–water partition coefficient (Wildman–Crippen LogP) is 3.23. The van der Waals surface area contributed by atoms with Gasteiger partial charge in [-0.05, 0) is 51.0 Å². The first-order valence-corrected chi connectivity index (χ1v) is 6.56. The van der Waals surface area contributed by atoms with Gasteiger partial charge in [0, 0.05) is 18.6 Å². The minimum absolute atomic E-state index is 0.115. The molecule has 0 N–H and O–H groups in total. The maximum atomic E-state index is 12.0. The molecule has 1 heterocycles. The van der Waals surface area contributed by atoms with E-state index in [9.17, 15) is 4.79 Å². The molecule has 0 radical (unpaired) electrons. The van der Waals surface area contributed by atoms with Crippen molar-refractivity contribution in [2.45, 2.75) is 45.3 Å². The van der Waals surface area contributed by atoms with E-state index >= 15 is 0 Å². The highest BCUT2D eigenvalue weighted by atomic mass is 16.5. The summed E-state index contributed by atoms with van der Waals surface area (Å²) in [5.41, 5.74) is 0.738. The minimum Gasteiger partial charge on any atom is -0.491 e. The zero-order valence-electron chi connectivity index (χ0n) is 11.0. The summed E-state index contributed by atoms with van der Waals surface area (Å²) in [6.45, 7) is 4.76. The van der Waals surface area contributed by atoms with Crippen LogP contribution in [0.1, 0.15) is 43.5 Å². The lowest BCUT2D eigenvalue weighted by molar-refractivity contribution is 0.0775. The predicted molar refractivity (Wildman–Crippen MR) is 70.1 cm³/mol. The molecule has 1 aliphatic heterocycles. The fourth-order valence-corrected chi connectivity index (χ4v) is 2.12. The Kier molecular flexibility index (Phi) is 4.37. The van der Waals surface area contributed by atoms with E-state index in [1.165, 1.54) is 0 Å². The molecule has 0 aromatic heterocycles. The SMILES string of the molecule is CC(C)Oc1ccc(C(=O)CC2CCCO2)cc1. The van der Waals surface area contributed by atoms with E-state index in [-0.39, 0.29) is 18.0 Å². The molecule has 1 aliphatic rings. The third-order valence-electron chi connectivity index (χ3n) is 2.99. The summed E-state index contributed by atoms with van der Waals surface area (Å²) in [6.07, 6.45) is 2.83. The summed E-state index contributed by atoms with van der Waals surface area (Å²) >= 11 is 0. The summed E-state index contributed by atoms with van der Waals surface area (Å²) < 4.78 is 11.0. The number of Topliss-reactive ketones (excluding diaryl/α,β-unsaturated/α-hetero) is 1. The lowest BCUT2D eigenvalue weighted by atomic mass is 10.0. The average Bonchev–Trinajstić information content (AvgIpc) is 2.82. The maximum Gasteiger partial charge on any atom is 0.165 e. The van der Waals surface area contributed by atoms with Crippen LogP contribution in [0.2, 0.25) is 0 Å². The van der Waals surface area contributed by atoms with Gasteiger partial charge in [0.25, 0.3) is 0 Å². The van der Waals surface area contributed by atoms with Gasteiger partial charge in [-0.1, -0.05) is 0 Å². The Bertz CT molecular complexity index is 389. The zero-order valence-corrected chi connectivity index (χ0v) is 11.0. The van der Waals surface area contributed by atoms with Gasteiger partial charge in [0.05, 0.1) is 12.2 Å². The fraction of sp³-hybridized carbons (Fsp3) is 0.533. The molecule has 0 bridgehead atoms. The Labute approximate surface area is 108 Å². The molecule has 0 spiro atoms. The molecule has 1 saturated heterocycles. The highest BCUT2D eigenvalue weighted by molar-refractivity contribution is 5.96. The monoisotopic (exact) mass is 248 g/mol. The van der Waals surface area contributed by atoms with Crippen LogP contribution in [0.3, 0.4) is 0 Å². The van der Waals surface area contributed by atoms with Crippen molar-refractivity contribution in [3.05, 3.63) is 29.8 Å². The molecule has 2 rings (SSSR count). The summed E-state index contributed by atoms with van der Waals surface area (Å²) in [5.74, 6) is 0.955. The lowest BCUT2D eigenvalue weighted by Crippen LogP contribution is -2.12. The molecule has 1 aromatic carbocycles. The number of ketones is 1. The highest BCUT2D eigenvalue weighted by Crippen LogP contribution is 2.19. The van der Waals surface area contributed by atoms with Gasteiger partial charge < -0.3 is 9.47 Å². The van der Waals surface area contributed by atoms with Crippen LogP contribution in [0.5, 0.6) is 5.75 Å². The number of rotatable bonds is 5. The van der Waals surface area contributed by atoms with Gasteiger partial charge in [-0.3, -0.25) is 4.79 Å². The van der Waals surface area contributed by atoms with Crippen molar-refractivity contribution in [1.82, 2.24) is 0 Å². The normalized spacial score (nSPS) is 19.2. The summed E-state index contributed by atoms with van der Waals surface area (Å²) in [7, 11) is 0. The van der Waals surface area contributed by atoms with E-state index in [0.29, 0.717) is 6.42 Å². The van der Waals surface area contributed by atoms with Crippen LogP contribution in [-0.2, 0) is 4.74 Å². The third-order valence-corrected chi connectivity index (χ3v) is 2.99. The quantitative estimate of drug-likeness (QED) is 0.750. The van der Waals surface area contributed by atoms with Crippen LogP contribution >= 0.6 is 0 Å². The maximum absolute atomic E-state index is 12.0. The average molecular weight is 248 g/mol. The molecule has 98 valence electrons. The van der Waals surface area contributed by atoms with Gasteiger partial charge in [0.1, 0.15) is 5.75 Å². The van der Waals surface area contributed by atoms with Crippen molar-refractivity contribution in [1.29, 1.82) is 0 Å². The molecular weight excluding hydrogens is 228 g/mol. The number of carbonyl (C=O) groups is 1. The first kappa shape index (κ1) is 13.1. The van der Waals surface area contributed by atoms with Gasteiger partial charge in [0.2, 0.25) is 0 Å². The van der Waals surface area contributed by atoms with E-state index in [2.05, 4.69) is 0 Å². The molecule has 1 atom stereocenters. The van der Waals surface area contributed by atoms with Crippen LogP contribution in [0, 0.1) is 0 Å². The molecular formula is C15H20O3. The highest BCUT2D eigenvalue weighted by Gasteiger charge is 2.19. The Morgan fingerprint density at radius 3 is 2.67 bits per heavy atom. The molecule has 0 amide bonds. The van der Waals surface area contributed by atoms with Crippen molar-refractivity contribution in [3.8, 4) is 5.75 Å². The lowest BCUT2D eigenvalue weighted by Gasteiger charge is -2.11. The molecule has 3 nitrogen and oxygen atoms in total. The van der Waals surface area contributed by atoms with Crippen molar-refractivity contribution in [2.24, 2.45) is 0 Å². The van der Waals surface area contributed by atoms with Crippen LogP contribution in [0.4, 0.5) is 0 Å². The van der Waals surface area contributed by atoms with E-state index < -0.39 is 0 Å². The van der Waals surface area contributed by atoms with Gasteiger partial charge >= 0.3 is 0 Å². The first-order chi connectivity index (χ1) is 8.65. The summed E-state index contributed by atoms with van der Waals surface area (Å²) in [6, 6.07) is 7.36. The van der Waals surface area contributed by atoms with Crippen molar-refractivity contribution in [3.63, 3.8) is 0 Å². The van der Waals surface area contributed by atoms with E-state index in [4.69, 9.17) is 9.47 Å². The fourth-order valence-electron chi connectivity index (χ4n) is 2.12. The van der Waals surface area contributed by atoms with Gasteiger partial charge in [-0.2, -0.15) is 0 Å². The Morgan fingerprint density at radius 2 is 2.11 bits per heavy atom. The number of hydrogen-bond donors (Lipinski definition) is 0. The third kappa shape index (κ3) is 3.57. The van der Waals surface area contributed by atoms with Crippen LogP contribution < -0.4 is 4.74 Å². The zero-order chi connectivity index (χ0) is 13.0. The van der Waals surface area contributed by atoms with Gasteiger partial charge in [0.15, 0.2) is 5.78 Å². The number of benzene rings is 1. The Hall–Kier alpha value is -1.35. The van der Waals surface area contributed by atoms with Crippen molar-refractivity contribution in [2.75, 3.05) is 6.61 Å². The molecule has 18 heavy (non-hydrogen) atoms. The Balaban J connectivity index is 1.93. The standard InChI is InChI=1S/C15H20O3/c1-11(2)18-13-7-5-12(6-8-13)15(16)10-14-4-3-9-17-14/h5-8,11,14H,3-4,9-10H2,1-2H3. The molecule has 1 aromatic rings. The molecule has 0 aliphatic carbocycles.